The molecule has 0 radical (unpaired) electrons. The number of phenolic OH excluding ortho intramolecular Hbond substituents is 1. The first-order valence-electron chi connectivity index (χ1n) is 5.00. The maximum Gasteiger partial charge on any atom is 0.115 e. The third kappa shape index (κ3) is 2.25. The van der Waals surface area contributed by atoms with Crippen LogP contribution in [0.15, 0.2) is 24.3 Å². The van der Waals surface area contributed by atoms with E-state index in [0.717, 1.165) is 31.6 Å². The number of aromatic hydroxyl groups is 1. The average molecular weight is 192 g/mol. The summed E-state index contributed by atoms with van der Waals surface area (Å²) in [5.74, 6) is 0.339. The van der Waals surface area contributed by atoms with Crippen LogP contribution in [-0.4, -0.2) is 29.1 Å². The second-order valence-electron chi connectivity index (χ2n) is 3.95. The summed E-state index contributed by atoms with van der Waals surface area (Å²) in [6.45, 7) is 2.93. The Morgan fingerprint density at radius 3 is 3.00 bits per heavy atom. The van der Waals surface area contributed by atoms with Crippen molar-refractivity contribution in [1.29, 1.82) is 0 Å². The van der Waals surface area contributed by atoms with Crippen LogP contribution in [0.1, 0.15) is 12.0 Å². The molecule has 3 heteroatoms. The number of nitrogens with two attached hydrogens (primary N) is 1. The third-order valence-electron chi connectivity index (χ3n) is 2.63. The molecule has 1 saturated heterocycles. The highest BCUT2D eigenvalue weighted by molar-refractivity contribution is 5.27. The van der Waals surface area contributed by atoms with Crippen LogP contribution in [-0.2, 0) is 6.54 Å². The van der Waals surface area contributed by atoms with Crippen molar-refractivity contribution in [3.05, 3.63) is 29.8 Å². The van der Waals surface area contributed by atoms with Crippen LogP contribution in [0.25, 0.3) is 0 Å². The summed E-state index contributed by atoms with van der Waals surface area (Å²) in [5.41, 5.74) is 6.97. The smallest absolute Gasteiger partial charge is 0.115 e. The fraction of sp³-hybridized carbons (Fsp3) is 0.455. The lowest BCUT2D eigenvalue weighted by Crippen LogP contribution is -2.26. The zero-order chi connectivity index (χ0) is 9.97. The highest BCUT2D eigenvalue weighted by atomic mass is 16.3. The summed E-state index contributed by atoms with van der Waals surface area (Å²) in [4.78, 5) is 2.32. The van der Waals surface area contributed by atoms with E-state index in [1.165, 1.54) is 0 Å². The first kappa shape index (κ1) is 9.49. The van der Waals surface area contributed by atoms with Crippen LogP contribution in [0.4, 0.5) is 0 Å². The third-order valence-corrected chi connectivity index (χ3v) is 2.63. The minimum absolute atomic E-state index is 0.326. The lowest BCUT2D eigenvalue weighted by atomic mass is 10.2. The molecular formula is C11H16N2O. The van der Waals surface area contributed by atoms with Gasteiger partial charge in [-0.15, -0.1) is 0 Å². The SMILES string of the molecule is NC1CCN(Cc2cccc(O)c2)C1. The summed E-state index contributed by atoms with van der Waals surface area (Å²) in [6, 6.07) is 7.74. The maximum absolute atomic E-state index is 9.30. The van der Waals surface area contributed by atoms with E-state index in [9.17, 15) is 5.11 Å². The molecule has 2 rings (SSSR count). The highest BCUT2D eigenvalue weighted by Crippen LogP contribution is 2.15. The Hall–Kier alpha value is -1.06. The molecule has 0 spiro atoms. The molecule has 1 aliphatic rings. The number of phenols is 1. The predicted octanol–water partition coefficient (Wildman–Crippen LogP) is 0.925. The summed E-state index contributed by atoms with van der Waals surface area (Å²) in [7, 11) is 0. The van der Waals surface area contributed by atoms with Crippen LogP contribution in [0.3, 0.4) is 0 Å². The molecule has 1 aromatic rings. The lowest BCUT2D eigenvalue weighted by molar-refractivity contribution is 0.326. The van der Waals surface area contributed by atoms with Crippen molar-refractivity contribution in [2.75, 3.05) is 13.1 Å². The quantitative estimate of drug-likeness (QED) is 0.732. The highest BCUT2D eigenvalue weighted by Gasteiger charge is 2.18. The van der Waals surface area contributed by atoms with Gasteiger partial charge >= 0.3 is 0 Å². The van der Waals surface area contributed by atoms with Crippen LogP contribution < -0.4 is 5.73 Å². The van der Waals surface area contributed by atoms with Gasteiger partial charge in [0, 0.05) is 25.7 Å². The molecule has 0 bridgehead atoms. The van der Waals surface area contributed by atoms with E-state index in [1.54, 1.807) is 6.07 Å². The van der Waals surface area contributed by atoms with Gasteiger partial charge in [-0.1, -0.05) is 12.1 Å². The van der Waals surface area contributed by atoms with E-state index in [4.69, 9.17) is 5.73 Å². The standard InChI is InChI=1S/C11H16N2O/c12-10-4-5-13(8-10)7-9-2-1-3-11(14)6-9/h1-3,6,10,14H,4-5,7-8,12H2. The number of hydrogen-bond acceptors (Lipinski definition) is 3. The Morgan fingerprint density at radius 2 is 2.36 bits per heavy atom. The fourth-order valence-electron chi connectivity index (χ4n) is 1.92. The molecule has 1 heterocycles. The Kier molecular flexibility index (Phi) is 2.70. The summed E-state index contributed by atoms with van der Waals surface area (Å²) < 4.78 is 0. The predicted molar refractivity (Wildman–Crippen MR) is 56.0 cm³/mol. The molecular weight excluding hydrogens is 176 g/mol. The zero-order valence-corrected chi connectivity index (χ0v) is 8.19. The zero-order valence-electron chi connectivity index (χ0n) is 8.19. The van der Waals surface area contributed by atoms with Gasteiger partial charge in [0.2, 0.25) is 0 Å². The average Bonchev–Trinajstić information content (AvgIpc) is 2.51. The Labute approximate surface area is 84.1 Å². The van der Waals surface area contributed by atoms with E-state index in [-0.39, 0.29) is 0 Å². The van der Waals surface area contributed by atoms with Gasteiger partial charge in [0.1, 0.15) is 5.75 Å². The largest absolute Gasteiger partial charge is 0.508 e. The van der Waals surface area contributed by atoms with Gasteiger partial charge in [-0.2, -0.15) is 0 Å². The first-order chi connectivity index (χ1) is 6.74. The summed E-state index contributed by atoms with van der Waals surface area (Å²) >= 11 is 0. The molecule has 3 nitrogen and oxygen atoms in total. The van der Waals surface area contributed by atoms with E-state index in [2.05, 4.69) is 4.90 Å². The van der Waals surface area contributed by atoms with Gasteiger partial charge in [0.15, 0.2) is 0 Å². The van der Waals surface area contributed by atoms with Crippen LogP contribution >= 0.6 is 0 Å². The molecule has 0 amide bonds. The molecule has 1 fully saturated rings. The topological polar surface area (TPSA) is 49.5 Å². The van der Waals surface area contributed by atoms with Crippen molar-refractivity contribution in [2.24, 2.45) is 5.73 Å². The molecule has 1 aliphatic heterocycles. The maximum atomic E-state index is 9.30. The minimum Gasteiger partial charge on any atom is -0.508 e. The van der Waals surface area contributed by atoms with Crippen LogP contribution in [0, 0.1) is 0 Å². The first-order valence-corrected chi connectivity index (χ1v) is 5.00. The molecule has 0 saturated carbocycles. The van der Waals surface area contributed by atoms with Gasteiger partial charge in [0.05, 0.1) is 0 Å². The second-order valence-corrected chi connectivity index (χ2v) is 3.95. The number of likely N-dealkylation sites (tertiary alicyclic amines) is 1. The Bertz CT molecular complexity index is 314. The molecule has 14 heavy (non-hydrogen) atoms. The van der Waals surface area contributed by atoms with Crippen LogP contribution in [0.5, 0.6) is 5.75 Å². The van der Waals surface area contributed by atoms with E-state index < -0.39 is 0 Å². The fourth-order valence-corrected chi connectivity index (χ4v) is 1.92. The lowest BCUT2D eigenvalue weighted by Gasteiger charge is -2.14. The Morgan fingerprint density at radius 1 is 1.50 bits per heavy atom. The van der Waals surface area contributed by atoms with Crippen molar-refractivity contribution < 1.29 is 5.11 Å². The summed E-state index contributed by atoms with van der Waals surface area (Å²) in [5, 5.41) is 9.30. The van der Waals surface area contributed by atoms with Crippen molar-refractivity contribution in [1.82, 2.24) is 4.90 Å². The molecule has 76 valence electrons. The normalized spacial score (nSPS) is 22.8. The number of rotatable bonds is 2. The van der Waals surface area contributed by atoms with Crippen molar-refractivity contribution in [3.8, 4) is 5.75 Å². The molecule has 1 aromatic carbocycles. The van der Waals surface area contributed by atoms with Crippen molar-refractivity contribution >= 4 is 0 Å². The molecule has 1 unspecified atom stereocenters. The van der Waals surface area contributed by atoms with E-state index in [1.807, 2.05) is 18.2 Å². The van der Waals surface area contributed by atoms with E-state index in [0.29, 0.717) is 11.8 Å². The van der Waals surface area contributed by atoms with Crippen molar-refractivity contribution in [2.45, 2.75) is 19.0 Å². The number of benzene rings is 1. The number of hydrogen-bond donors (Lipinski definition) is 2. The van der Waals surface area contributed by atoms with Gasteiger partial charge in [-0.05, 0) is 24.1 Å². The van der Waals surface area contributed by atoms with Gasteiger partial charge in [-0.3, -0.25) is 4.90 Å². The molecule has 0 aromatic heterocycles. The van der Waals surface area contributed by atoms with Crippen molar-refractivity contribution in [3.63, 3.8) is 0 Å². The molecule has 3 N–H and O–H groups in total. The van der Waals surface area contributed by atoms with Gasteiger partial charge < -0.3 is 10.8 Å². The summed E-state index contributed by atoms with van der Waals surface area (Å²) in [6.07, 6.45) is 1.08. The molecule has 1 atom stereocenters. The molecule has 0 aliphatic carbocycles. The van der Waals surface area contributed by atoms with Gasteiger partial charge in [0.25, 0.3) is 0 Å². The van der Waals surface area contributed by atoms with E-state index >= 15 is 0 Å². The minimum atomic E-state index is 0.326. The number of nitrogens with zero attached hydrogens (tertiary/aromatic N) is 1. The Balaban J connectivity index is 1.97. The second kappa shape index (κ2) is 3.98. The van der Waals surface area contributed by atoms with Gasteiger partial charge in [-0.25, -0.2) is 0 Å². The van der Waals surface area contributed by atoms with Crippen LogP contribution in [0.2, 0.25) is 0 Å². The monoisotopic (exact) mass is 192 g/mol.